The molecule has 0 aromatic heterocycles. The van der Waals surface area contributed by atoms with Crippen LogP contribution in [-0.4, -0.2) is 31.6 Å². The summed E-state index contributed by atoms with van der Waals surface area (Å²) >= 11 is 0. The van der Waals surface area contributed by atoms with E-state index in [0.717, 1.165) is 23.8 Å². The van der Waals surface area contributed by atoms with E-state index < -0.39 is 0 Å². The van der Waals surface area contributed by atoms with E-state index in [4.69, 9.17) is 4.74 Å². The SMILES string of the molecule is COc1ccccc1/C=C/CN1CCC(Cc2ccccc2)CC1. The van der Waals surface area contributed by atoms with Gasteiger partial charge in [0.25, 0.3) is 0 Å². The Morgan fingerprint density at radius 2 is 1.71 bits per heavy atom. The van der Waals surface area contributed by atoms with Crippen molar-refractivity contribution in [3.63, 3.8) is 0 Å². The van der Waals surface area contributed by atoms with Crippen molar-refractivity contribution in [2.75, 3.05) is 26.7 Å². The number of nitrogens with zero attached hydrogens (tertiary/aromatic N) is 1. The van der Waals surface area contributed by atoms with Gasteiger partial charge in [-0.15, -0.1) is 0 Å². The first-order valence-electron chi connectivity index (χ1n) is 8.91. The van der Waals surface area contributed by atoms with E-state index >= 15 is 0 Å². The van der Waals surface area contributed by atoms with E-state index in [2.05, 4.69) is 59.5 Å². The molecule has 2 heteroatoms. The van der Waals surface area contributed by atoms with Gasteiger partial charge in [-0.2, -0.15) is 0 Å². The minimum Gasteiger partial charge on any atom is -0.496 e. The lowest BCUT2D eigenvalue weighted by atomic mass is 9.90. The largest absolute Gasteiger partial charge is 0.496 e. The normalized spacial score (nSPS) is 16.5. The van der Waals surface area contributed by atoms with E-state index in [9.17, 15) is 0 Å². The molecule has 0 atom stereocenters. The van der Waals surface area contributed by atoms with Crippen LogP contribution in [0.15, 0.2) is 60.7 Å². The third-order valence-corrected chi connectivity index (χ3v) is 4.87. The Morgan fingerprint density at radius 3 is 2.46 bits per heavy atom. The molecule has 1 fully saturated rings. The Labute approximate surface area is 145 Å². The Balaban J connectivity index is 1.45. The molecular formula is C22H27NO. The highest BCUT2D eigenvalue weighted by Gasteiger charge is 2.18. The van der Waals surface area contributed by atoms with Gasteiger partial charge in [-0.1, -0.05) is 60.7 Å². The summed E-state index contributed by atoms with van der Waals surface area (Å²) in [6.45, 7) is 3.43. The zero-order valence-corrected chi connectivity index (χ0v) is 14.5. The fraction of sp³-hybridized carbons (Fsp3) is 0.364. The fourth-order valence-corrected chi connectivity index (χ4v) is 3.45. The lowest BCUT2D eigenvalue weighted by molar-refractivity contribution is 0.200. The standard InChI is InChI=1S/C22H27NO/c1-24-22-12-6-5-10-21(22)11-7-15-23-16-13-20(14-17-23)18-19-8-3-2-4-9-19/h2-12,20H,13-18H2,1H3/b11-7+. The second-order valence-electron chi connectivity index (χ2n) is 6.58. The van der Waals surface area contributed by atoms with Gasteiger partial charge in [-0.25, -0.2) is 0 Å². The highest BCUT2D eigenvalue weighted by molar-refractivity contribution is 5.57. The third-order valence-electron chi connectivity index (χ3n) is 4.87. The quantitative estimate of drug-likeness (QED) is 0.767. The molecule has 0 aliphatic carbocycles. The summed E-state index contributed by atoms with van der Waals surface area (Å²) in [5.41, 5.74) is 2.63. The molecule has 126 valence electrons. The zero-order chi connectivity index (χ0) is 16.6. The Kier molecular flexibility index (Phi) is 6.08. The second-order valence-corrected chi connectivity index (χ2v) is 6.58. The average Bonchev–Trinajstić information content (AvgIpc) is 2.64. The summed E-state index contributed by atoms with van der Waals surface area (Å²) in [4.78, 5) is 2.55. The highest BCUT2D eigenvalue weighted by Crippen LogP contribution is 2.22. The number of rotatable bonds is 6. The van der Waals surface area contributed by atoms with Crippen LogP contribution in [0, 0.1) is 5.92 Å². The van der Waals surface area contributed by atoms with E-state index in [0.29, 0.717) is 0 Å². The van der Waals surface area contributed by atoms with Crippen LogP contribution in [0.3, 0.4) is 0 Å². The first kappa shape index (κ1) is 16.8. The number of benzene rings is 2. The van der Waals surface area contributed by atoms with E-state index in [1.54, 1.807) is 7.11 Å². The molecular weight excluding hydrogens is 294 g/mol. The van der Waals surface area contributed by atoms with Crippen LogP contribution in [-0.2, 0) is 6.42 Å². The van der Waals surface area contributed by atoms with Crippen molar-refractivity contribution < 1.29 is 4.74 Å². The minimum atomic E-state index is 0.835. The molecule has 2 aromatic rings. The van der Waals surface area contributed by atoms with Crippen molar-refractivity contribution in [2.24, 2.45) is 5.92 Å². The predicted molar refractivity (Wildman–Crippen MR) is 101 cm³/mol. The number of para-hydroxylation sites is 1. The van der Waals surface area contributed by atoms with E-state index in [1.165, 1.54) is 37.9 Å². The Bertz CT molecular complexity index is 642. The van der Waals surface area contributed by atoms with Crippen LogP contribution < -0.4 is 4.74 Å². The number of hydrogen-bond acceptors (Lipinski definition) is 2. The molecule has 0 unspecified atom stereocenters. The summed E-state index contributed by atoms with van der Waals surface area (Å²) in [6.07, 6.45) is 8.27. The van der Waals surface area contributed by atoms with Crippen LogP contribution in [0.5, 0.6) is 5.75 Å². The van der Waals surface area contributed by atoms with Crippen molar-refractivity contribution in [3.8, 4) is 5.75 Å². The monoisotopic (exact) mass is 321 g/mol. The number of ether oxygens (including phenoxy) is 1. The molecule has 1 heterocycles. The van der Waals surface area contributed by atoms with Crippen molar-refractivity contribution in [2.45, 2.75) is 19.3 Å². The van der Waals surface area contributed by atoms with Gasteiger partial charge < -0.3 is 4.74 Å². The van der Waals surface area contributed by atoms with Gasteiger partial charge in [0.2, 0.25) is 0 Å². The van der Waals surface area contributed by atoms with Crippen LogP contribution in [0.4, 0.5) is 0 Å². The average molecular weight is 321 g/mol. The van der Waals surface area contributed by atoms with Gasteiger partial charge in [0.1, 0.15) is 5.75 Å². The van der Waals surface area contributed by atoms with E-state index in [1.807, 2.05) is 12.1 Å². The number of piperidine rings is 1. The van der Waals surface area contributed by atoms with Gasteiger partial charge in [-0.05, 0) is 49.9 Å². The minimum absolute atomic E-state index is 0.835. The molecule has 3 rings (SSSR count). The fourth-order valence-electron chi connectivity index (χ4n) is 3.45. The van der Waals surface area contributed by atoms with Gasteiger partial charge in [0, 0.05) is 12.1 Å². The molecule has 24 heavy (non-hydrogen) atoms. The van der Waals surface area contributed by atoms with Crippen LogP contribution in [0.25, 0.3) is 6.08 Å². The maximum Gasteiger partial charge on any atom is 0.126 e. The third kappa shape index (κ3) is 4.72. The Hall–Kier alpha value is -2.06. The topological polar surface area (TPSA) is 12.5 Å². The van der Waals surface area contributed by atoms with Crippen molar-refractivity contribution in [1.82, 2.24) is 4.90 Å². The molecule has 2 nitrogen and oxygen atoms in total. The first-order chi connectivity index (χ1) is 11.8. The maximum atomic E-state index is 5.39. The zero-order valence-electron chi connectivity index (χ0n) is 14.5. The summed E-state index contributed by atoms with van der Waals surface area (Å²) in [6, 6.07) is 19.1. The van der Waals surface area contributed by atoms with Crippen molar-refractivity contribution in [1.29, 1.82) is 0 Å². The van der Waals surface area contributed by atoms with Crippen LogP contribution >= 0.6 is 0 Å². The number of hydrogen-bond donors (Lipinski definition) is 0. The molecule has 1 aliphatic heterocycles. The van der Waals surface area contributed by atoms with Gasteiger partial charge >= 0.3 is 0 Å². The van der Waals surface area contributed by atoms with Crippen molar-refractivity contribution in [3.05, 3.63) is 71.8 Å². The molecule has 1 saturated heterocycles. The van der Waals surface area contributed by atoms with Gasteiger partial charge in [0.15, 0.2) is 0 Å². The molecule has 0 bridgehead atoms. The second kappa shape index (κ2) is 8.70. The lowest BCUT2D eigenvalue weighted by Crippen LogP contribution is -2.34. The molecule has 0 amide bonds. The maximum absolute atomic E-state index is 5.39. The number of likely N-dealkylation sites (tertiary alicyclic amines) is 1. The molecule has 0 radical (unpaired) electrons. The molecule has 0 saturated carbocycles. The lowest BCUT2D eigenvalue weighted by Gasteiger charge is -2.31. The molecule has 0 N–H and O–H groups in total. The number of methoxy groups -OCH3 is 1. The van der Waals surface area contributed by atoms with Crippen LogP contribution in [0.2, 0.25) is 0 Å². The first-order valence-corrected chi connectivity index (χ1v) is 8.91. The molecule has 0 spiro atoms. The molecule has 1 aliphatic rings. The summed E-state index contributed by atoms with van der Waals surface area (Å²) in [7, 11) is 1.73. The van der Waals surface area contributed by atoms with Crippen molar-refractivity contribution >= 4 is 6.08 Å². The summed E-state index contributed by atoms with van der Waals surface area (Å²) < 4.78 is 5.39. The molecule has 2 aromatic carbocycles. The van der Waals surface area contributed by atoms with Gasteiger partial charge in [-0.3, -0.25) is 4.90 Å². The van der Waals surface area contributed by atoms with Gasteiger partial charge in [0.05, 0.1) is 7.11 Å². The highest BCUT2D eigenvalue weighted by atomic mass is 16.5. The smallest absolute Gasteiger partial charge is 0.126 e. The summed E-state index contributed by atoms with van der Waals surface area (Å²) in [5, 5.41) is 0. The Morgan fingerprint density at radius 1 is 1.00 bits per heavy atom. The summed E-state index contributed by atoms with van der Waals surface area (Å²) in [5.74, 6) is 1.78. The predicted octanol–water partition coefficient (Wildman–Crippen LogP) is 4.66. The van der Waals surface area contributed by atoms with Crippen LogP contribution in [0.1, 0.15) is 24.0 Å². The van der Waals surface area contributed by atoms with E-state index in [-0.39, 0.29) is 0 Å².